The predicted molar refractivity (Wildman–Crippen MR) is 116 cm³/mol. The number of non-ortho nitro benzene ring substituents is 1. The zero-order valence-corrected chi connectivity index (χ0v) is 18.9. The van der Waals surface area contributed by atoms with Crippen molar-refractivity contribution in [3.63, 3.8) is 0 Å². The molecule has 1 heterocycles. The number of amides is 2. The molecule has 0 spiro atoms. The van der Waals surface area contributed by atoms with E-state index in [9.17, 15) is 19.7 Å². The van der Waals surface area contributed by atoms with Crippen molar-refractivity contribution >= 4 is 23.3 Å². The van der Waals surface area contributed by atoms with Crippen LogP contribution in [0.3, 0.4) is 0 Å². The third-order valence-electron chi connectivity index (χ3n) is 5.78. The zero-order chi connectivity index (χ0) is 23.3. The molecule has 1 saturated heterocycles. The maximum Gasteiger partial charge on any atom is 0.269 e. The first kappa shape index (κ1) is 25.3. The minimum atomic E-state index is -0.973. The van der Waals surface area contributed by atoms with Crippen molar-refractivity contribution in [2.75, 3.05) is 0 Å². The molecule has 166 valence electrons. The molecule has 0 saturated carbocycles. The summed E-state index contributed by atoms with van der Waals surface area (Å²) in [4.78, 5) is 42.4. The molecular formula is C22H33N3O5. The van der Waals surface area contributed by atoms with Gasteiger partial charge in [0.2, 0.25) is 11.8 Å². The summed E-state index contributed by atoms with van der Waals surface area (Å²) in [5.74, 6) is 5.29. The highest BCUT2D eigenvalue weighted by atomic mass is 16.6. The van der Waals surface area contributed by atoms with Crippen LogP contribution in [0.15, 0.2) is 29.8 Å². The number of nitro groups is 1. The number of likely N-dealkylation sites (tertiary alicyclic amines) is 1. The van der Waals surface area contributed by atoms with E-state index in [4.69, 9.17) is 10.7 Å². The van der Waals surface area contributed by atoms with Gasteiger partial charge < -0.3 is 4.84 Å². The standard InChI is InChI=1S/C20H27N3O5.C2H6/c1-6-20(5)11-16(24)22(17(25)12-20)19(3,4)13(2)18(28-21)14-7-9-15(10-8-14)23(26)27;1-2/h7-10H,6,11-12,21H2,1-5H3;1-2H3. The lowest BCUT2D eigenvalue weighted by molar-refractivity contribution is -0.384. The van der Waals surface area contributed by atoms with Crippen LogP contribution in [-0.2, 0) is 14.4 Å². The number of nitro benzene ring substituents is 1. The Morgan fingerprint density at radius 2 is 1.67 bits per heavy atom. The van der Waals surface area contributed by atoms with Crippen LogP contribution in [0.25, 0.3) is 5.76 Å². The van der Waals surface area contributed by atoms with Crippen LogP contribution in [0.5, 0.6) is 0 Å². The Bertz CT molecular complexity index is 810. The molecule has 2 amide bonds. The topological polar surface area (TPSA) is 116 Å². The molecule has 1 aliphatic heterocycles. The zero-order valence-electron chi connectivity index (χ0n) is 18.9. The lowest BCUT2D eigenvalue weighted by Crippen LogP contribution is -2.57. The number of hydrogen-bond donors (Lipinski definition) is 1. The quantitative estimate of drug-likeness (QED) is 0.312. The molecule has 1 aromatic carbocycles. The van der Waals surface area contributed by atoms with Gasteiger partial charge in [0, 0.05) is 30.5 Å². The molecule has 2 N–H and O–H groups in total. The van der Waals surface area contributed by atoms with E-state index < -0.39 is 10.5 Å². The number of piperidine rings is 1. The van der Waals surface area contributed by atoms with Gasteiger partial charge in [-0.3, -0.25) is 24.6 Å². The van der Waals surface area contributed by atoms with E-state index in [-0.39, 0.29) is 28.7 Å². The molecule has 8 nitrogen and oxygen atoms in total. The molecule has 0 aliphatic carbocycles. The lowest BCUT2D eigenvalue weighted by Gasteiger charge is -2.45. The van der Waals surface area contributed by atoms with Gasteiger partial charge in [-0.2, -0.15) is 5.90 Å². The van der Waals surface area contributed by atoms with Crippen molar-refractivity contribution in [3.05, 3.63) is 45.5 Å². The van der Waals surface area contributed by atoms with Crippen molar-refractivity contribution in [1.82, 2.24) is 4.90 Å². The van der Waals surface area contributed by atoms with Crippen molar-refractivity contribution in [2.24, 2.45) is 11.3 Å². The van der Waals surface area contributed by atoms with Crippen molar-refractivity contribution in [1.29, 1.82) is 0 Å². The van der Waals surface area contributed by atoms with Gasteiger partial charge in [-0.05, 0) is 50.3 Å². The van der Waals surface area contributed by atoms with E-state index >= 15 is 0 Å². The Hall–Kier alpha value is -2.74. The van der Waals surface area contributed by atoms with E-state index in [0.29, 0.717) is 24.0 Å². The fourth-order valence-electron chi connectivity index (χ4n) is 3.52. The Morgan fingerprint density at radius 1 is 1.20 bits per heavy atom. The number of benzene rings is 1. The average Bonchev–Trinajstić information content (AvgIpc) is 2.69. The summed E-state index contributed by atoms with van der Waals surface area (Å²) in [6.45, 7) is 13.2. The molecule has 0 bridgehead atoms. The minimum Gasteiger partial charge on any atom is -0.411 e. The summed E-state index contributed by atoms with van der Waals surface area (Å²) in [7, 11) is 0. The number of carbonyl (C=O) groups excluding carboxylic acids is 2. The predicted octanol–water partition coefficient (Wildman–Crippen LogP) is 4.59. The summed E-state index contributed by atoms with van der Waals surface area (Å²) in [6.07, 6.45) is 1.33. The van der Waals surface area contributed by atoms with E-state index in [0.717, 1.165) is 6.42 Å². The first-order valence-electron chi connectivity index (χ1n) is 10.2. The molecule has 0 radical (unpaired) electrons. The normalized spacial score (nSPS) is 17.0. The summed E-state index contributed by atoms with van der Waals surface area (Å²) in [5.41, 5.74) is -0.263. The second-order valence-corrected chi connectivity index (χ2v) is 8.08. The van der Waals surface area contributed by atoms with E-state index in [1.165, 1.54) is 29.2 Å². The molecular weight excluding hydrogens is 386 g/mol. The van der Waals surface area contributed by atoms with Crippen LogP contribution in [0.1, 0.15) is 73.3 Å². The number of nitrogens with zero attached hydrogens (tertiary/aromatic N) is 2. The third-order valence-corrected chi connectivity index (χ3v) is 5.78. The number of hydrogen-bond acceptors (Lipinski definition) is 6. The molecule has 1 aliphatic rings. The van der Waals surface area contributed by atoms with Gasteiger partial charge in [-0.15, -0.1) is 0 Å². The maximum absolute atomic E-state index is 12.8. The van der Waals surface area contributed by atoms with Crippen LogP contribution in [0.2, 0.25) is 0 Å². The number of imide groups is 1. The lowest BCUT2D eigenvalue weighted by atomic mass is 9.75. The Morgan fingerprint density at radius 3 is 2.03 bits per heavy atom. The fourth-order valence-corrected chi connectivity index (χ4v) is 3.52. The van der Waals surface area contributed by atoms with E-state index in [1.807, 2.05) is 27.7 Å². The van der Waals surface area contributed by atoms with Crippen molar-refractivity contribution in [2.45, 2.75) is 73.3 Å². The van der Waals surface area contributed by atoms with Gasteiger partial charge in [-0.25, -0.2) is 0 Å². The summed E-state index contributed by atoms with van der Waals surface area (Å²) in [5, 5.41) is 10.9. The SMILES string of the molecule is CC.CCC1(C)CC(=O)N(C(C)(C)C(C)=C(ON)c2ccc([N+](=O)[O-])cc2)C(=O)C1. The van der Waals surface area contributed by atoms with Crippen LogP contribution in [-0.4, -0.2) is 27.2 Å². The van der Waals surface area contributed by atoms with Gasteiger partial charge in [0.15, 0.2) is 5.76 Å². The largest absolute Gasteiger partial charge is 0.411 e. The second-order valence-electron chi connectivity index (χ2n) is 8.08. The molecule has 1 aromatic rings. The van der Waals surface area contributed by atoms with Gasteiger partial charge in [0.05, 0.1) is 10.5 Å². The van der Waals surface area contributed by atoms with Gasteiger partial charge in [0.1, 0.15) is 0 Å². The van der Waals surface area contributed by atoms with Crippen LogP contribution in [0, 0.1) is 15.5 Å². The summed E-state index contributed by atoms with van der Waals surface area (Å²) in [6, 6.07) is 5.73. The first-order valence-corrected chi connectivity index (χ1v) is 10.2. The smallest absolute Gasteiger partial charge is 0.269 e. The van der Waals surface area contributed by atoms with Crippen molar-refractivity contribution in [3.8, 4) is 0 Å². The van der Waals surface area contributed by atoms with Gasteiger partial charge in [-0.1, -0.05) is 27.7 Å². The highest BCUT2D eigenvalue weighted by molar-refractivity contribution is 6.00. The van der Waals surface area contributed by atoms with Gasteiger partial charge in [0.25, 0.3) is 5.69 Å². The molecule has 30 heavy (non-hydrogen) atoms. The average molecular weight is 420 g/mol. The molecule has 1 fully saturated rings. The molecule has 0 unspecified atom stereocenters. The third kappa shape index (κ3) is 5.05. The van der Waals surface area contributed by atoms with Gasteiger partial charge >= 0.3 is 0 Å². The first-order chi connectivity index (χ1) is 14.0. The Kier molecular flexibility index (Phi) is 8.30. The van der Waals surface area contributed by atoms with Crippen molar-refractivity contribution < 1.29 is 19.3 Å². The monoisotopic (exact) mass is 419 g/mol. The van der Waals surface area contributed by atoms with E-state index in [2.05, 4.69) is 0 Å². The number of carbonyl (C=O) groups is 2. The Labute approximate surface area is 178 Å². The highest BCUT2D eigenvalue weighted by Gasteiger charge is 2.46. The van der Waals surface area contributed by atoms with E-state index in [1.54, 1.807) is 20.8 Å². The summed E-state index contributed by atoms with van der Waals surface area (Å²) >= 11 is 0. The summed E-state index contributed by atoms with van der Waals surface area (Å²) < 4.78 is 0. The highest BCUT2D eigenvalue weighted by Crippen LogP contribution is 2.40. The fraction of sp³-hybridized carbons (Fsp3) is 0.545. The number of rotatable bonds is 6. The van der Waals surface area contributed by atoms with Crippen LogP contribution >= 0.6 is 0 Å². The second kappa shape index (κ2) is 9.84. The maximum atomic E-state index is 12.8. The molecule has 2 rings (SSSR count). The minimum absolute atomic E-state index is 0.0581. The molecule has 8 heteroatoms. The molecule has 0 atom stereocenters. The van der Waals surface area contributed by atoms with Crippen LogP contribution < -0.4 is 5.90 Å². The number of nitrogens with two attached hydrogens (primary N) is 1. The molecule has 0 aromatic heterocycles. The van der Waals surface area contributed by atoms with Crippen LogP contribution in [0.4, 0.5) is 5.69 Å². The Balaban J connectivity index is 0.00000218.